The molecule has 2 heteroatoms. The lowest BCUT2D eigenvalue weighted by molar-refractivity contribution is 1.00. The van der Waals surface area contributed by atoms with Crippen LogP contribution in [0.4, 0.5) is 0 Å². The smallest absolute Gasteiger partial charge is 0.111 e. The van der Waals surface area contributed by atoms with Gasteiger partial charge in [-0.15, -0.1) is 0 Å². The first-order valence-corrected chi connectivity index (χ1v) is 14.0. The number of aryl methyl sites for hydroxylation is 1. The largest absolute Gasteiger partial charge is 0.296 e. The molecule has 0 bridgehead atoms. The van der Waals surface area contributed by atoms with Crippen LogP contribution in [0.2, 0.25) is 0 Å². The number of benzene rings is 7. The number of aromatic nitrogens is 2. The van der Waals surface area contributed by atoms with Crippen molar-refractivity contribution < 1.29 is 6.85 Å². The van der Waals surface area contributed by atoms with Crippen LogP contribution in [0.5, 0.6) is 0 Å². The van der Waals surface area contributed by atoms with E-state index < -0.39 is 6.04 Å². The standard InChI is InChI=1S/C40H28N2/c1-27-41-36-23-10-12-25-38(36)42(27)37-24-11-9-22-35(37)40-33-20-7-5-18-31(33)39(32-19-6-8-21-34(32)40)30-17-13-16-29(26-30)28-14-3-2-4-15-28/h2-26H,1H3/i2D,3D,4D,14D,15D. The van der Waals surface area contributed by atoms with Gasteiger partial charge in [-0.1, -0.05) is 127 Å². The molecule has 0 unspecified atom stereocenters. The summed E-state index contributed by atoms with van der Waals surface area (Å²) in [6.07, 6.45) is 0. The van der Waals surface area contributed by atoms with Gasteiger partial charge in [0, 0.05) is 5.56 Å². The number of nitrogens with zero attached hydrogens (tertiary/aromatic N) is 2. The summed E-state index contributed by atoms with van der Waals surface area (Å²) >= 11 is 0. The van der Waals surface area contributed by atoms with Crippen LogP contribution in [0.15, 0.2) is 152 Å². The lowest BCUT2D eigenvalue weighted by atomic mass is 9.85. The van der Waals surface area contributed by atoms with Gasteiger partial charge < -0.3 is 0 Å². The van der Waals surface area contributed by atoms with E-state index in [1.54, 1.807) is 0 Å². The summed E-state index contributed by atoms with van der Waals surface area (Å²) in [4.78, 5) is 4.87. The Morgan fingerprint density at radius 2 is 1.14 bits per heavy atom. The first kappa shape index (κ1) is 19.6. The Balaban J connectivity index is 1.43. The summed E-state index contributed by atoms with van der Waals surface area (Å²) in [6.45, 7) is 2.04. The normalized spacial score (nSPS) is 13.1. The predicted octanol–water partition coefficient (Wildman–Crippen LogP) is 10.6. The number of hydrogen-bond acceptors (Lipinski definition) is 1. The number of rotatable bonds is 4. The van der Waals surface area contributed by atoms with E-state index in [1.165, 1.54) is 0 Å². The number of imidazole rings is 1. The quantitative estimate of drug-likeness (QED) is 0.203. The van der Waals surface area contributed by atoms with Crippen molar-refractivity contribution in [1.29, 1.82) is 0 Å². The molecule has 1 heterocycles. The Labute approximate surface area is 252 Å². The summed E-state index contributed by atoms with van der Waals surface area (Å²) in [5.74, 6) is 0.911. The van der Waals surface area contributed by atoms with E-state index in [0.29, 0.717) is 5.56 Å². The Morgan fingerprint density at radius 1 is 0.548 bits per heavy atom. The summed E-state index contributed by atoms with van der Waals surface area (Å²) in [5, 5.41) is 4.29. The van der Waals surface area contributed by atoms with Crippen LogP contribution in [0.25, 0.3) is 71.6 Å². The number of para-hydroxylation sites is 3. The third-order valence-corrected chi connectivity index (χ3v) is 8.01. The molecule has 0 radical (unpaired) electrons. The second kappa shape index (κ2) is 9.87. The molecule has 8 aromatic rings. The van der Waals surface area contributed by atoms with Crippen LogP contribution in [-0.2, 0) is 0 Å². The second-order valence-electron chi connectivity index (χ2n) is 10.4. The Morgan fingerprint density at radius 3 is 1.88 bits per heavy atom. The fourth-order valence-electron chi connectivity index (χ4n) is 6.28. The van der Waals surface area contributed by atoms with E-state index in [0.717, 1.165) is 66.3 Å². The molecule has 0 saturated heterocycles. The summed E-state index contributed by atoms with van der Waals surface area (Å²) in [7, 11) is 0. The molecular formula is C40H28N2. The third kappa shape index (κ3) is 3.84. The van der Waals surface area contributed by atoms with Crippen molar-refractivity contribution in [1.82, 2.24) is 9.55 Å². The monoisotopic (exact) mass is 541 g/mol. The molecule has 0 amide bonds. The van der Waals surface area contributed by atoms with E-state index >= 15 is 0 Å². The average Bonchev–Trinajstić information content (AvgIpc) is 3.44. The summed E-state index contributed by atoms with van der Waals surface area (Å²) < 4.78 is 44.0. The highest BCUT2D eigenvalue weighted by Crippen LogP contribution is 2.45. The molecule has 7 aromatic carbocycles. The molecule has 8 rings (SSSR count). The molecular weight excluding hydrogens is 508 g/mol. The second-order valence-corrected chi connectivity index (χ2v) is 10.4. The molecule has 1 aromatic heterocycles. The van der Waals surface area contributed by atoms with Crippen LogP contribution >= 0.6 is 0 Å². The molecule has 0 saturated carbocycles. The van der Waals surface area contributed by atoms with Gasteiger partial charge in [0.2, 0.25) is 0 Å². The lowest BCUT2D eigenvalue weighted by Gasteiger charge is -2.20. The maximum Gasteiger partial charge on any atom is 0.111 e. The molecule has 0 spiro atoms. The third-order valence-electron chi connectivity index (χ3n) is 8.01. The minimum Gasteiger partial charge on any atom is -0.296 e. The van der Waals surface area contributed by atoms with Crippen LogP contribution in [-0.4, -0.2) is 9.55 Å². The minimum atomic E-state index is -0.397. The zero-order chi connectivity index (χ0) is 32.4. The SMILES string of the molecule is [2H]c1c([2H])c([2H])c(-c2cccc(-c3c4ccccc4c(-c4ccccc4-n4c(C)nc5ccccc54)c4ccccc34)c2)c([2H])c1[2H]. The molecule has 42 heavy (non-hydrogen) atoms. The van der Waals surface area contributed by atoms with Crippen molar-refractivity contribution in [3.05, 3.63) is 157 Å². The summed E-state index contributed by atoms with van der Waals surface area (Å²) in [5.41, 5.74) is 7.94. The molecule has 0 aliphatic heterocycles. The minimum absolute atomic E-state index is 0.194. The van der Waals surface area contributed by atoms with E-state index in [1.807, 2.05) is 61.5 Å². The first-order chi connectivity index (χ1) is 22.8. The zero-order valence-corrected chi connectivity index (χ0v) is 22.9. The highest BCUT2D eigenvalue weighted by atomic mass is 15.1. The topological polar surface area (TPSA) is 17.8 Å². The Hall–Kier alpha value is -5.47. The first-order valence-electron chi connectivity index (χ1n) is 16.5. The van der Waals surface area contributed by atoms with Gasteiger partial charge in [-0.25, -0.2) is 4.98 Å². The van der Waals surface area contributed by atoms with Crippen molar-refractivity contribution in [3.63, 3.8) is 0 Å². The maximum atomic E-state index is 8.60. The highest BCUT2D eigenvalue weighted by Gasteiger charge is 2.20. The van der Waals surface area contributed by atoms with E-state index in [9.17, 15) is 0 Å². The number of fused-ring (bicyclic) bond motifs is 3. The summed E-state index contributed by atoms with van der Waals surface area (Å²) in [6, 6.07) is 39.7. The fourth-order valence-corrected chi connectivity index (χ4v) is 6.28. The lowest BCUT2D eigenvalue weighted by Crippen LogP contribution is -2.00. The van der Waals surface area contributed by atoms with Crippen molar-refractivity contribution in [2.45, 2.75) is 6.92 Å². The van der Waals surface area contributed by atoms with Gasteiger partial charge in [0.25, 0.3) is 0 Å². The van der Waals surface area contributed by atoms with E-state index in [2.05, 4.69) is 71.3 Å². The van der Waals surface area contributed by atoms with Crippen molar-refractivity contribution in [3.8, 4) is 39.1 Å². The molecule has 0 fully saturated rings. The van der Waals surface area contributed by atoms with Crippen LogP contribution in [0.1, 0.15) is 12.7 Å². The zero-order valence-electron chi connectivity index (χ0n) is 27.9. The van der Waals surface area contributed by atoms with Crippen molar-refractivity contribution >= 4 is 32.6 Å². The van der Waals surface area contributed by atoms with Crippen LogP contribution in [0, 0.1) is 6.92 Å². The van der Waals surface area contributed by atoms with Gasteiger partial charge in [-0.05, 0) is 80.6 Å². The average molecular weight is 542 g/mol. The van der Waals surface area contributed by atoms with Crippen molar-refractivity contribution in [2.75, 3.05) is 0 Å². The van der Waals surface area contributed by atoms with Gasteiger partial charge in [0.1, 0.15) is 5.82 Å². The molecule has 0 aliphatic carbocycles. The van der Waals surface area contributed by atoms with Crippen molar-refractivity contribution in [2.24, 2.45) is 0 Å². The fraction of sp³-hybridized carbons (Fsp3) is 0.0250. The predicted molar refractivity (Wildman–Crippen MR) is 177 cm³/mol. The van der Waals surface area contributed by atoms with E-state index in [-0.39, 0.29) is 29.7 Å². The van der Waals surface area contributed by atoms with E-state index in [4.69, 9.17) is 11.8 Å². The molecule has 0 N–H and O–H groups in total. The number of hydrogen-bond donors (Lipinski definition) is 0. The highest BCUT2D eigenvalue weighted by molar-refractivity contribution is 6.22. The Kier molecular flexibility index (Phi) is 4.60. The Bertz CT molecular complexity index is 2460. The molecule has 0 atom stereocenters. The van der Waals surface area contributed by atoms with Gasteiger partial charge in [-0.2, -0.15) is 0 Å². The van der Waals surface area contributed by atoms with Gasteiger partial charge in [0.05, 0.1) is 23.6 Å². The maximum absolute atomic E-state index is 8.60. The molecule has 2 nitrogen and oxygen atoms in total. The van der Waals surface area contributed by atoms with Crippen LogP contribution in [0.3, 0.4) is 0 Å². The molecule has 0 aliphatic rings. The van der Waals surface area contributed by atoms with Gasteiger partial charge >= 0.3 is 0 Å². The molecule has 198 valence electrons. The van der Waals surface area contributed by atoms with Gasteiger partial charge in [-0.3, -0.25) is 4.57 Å². The van der Waals surface area contributed by atoms with Crippen LogP contribution < -0.4 is 0 Å². The van der Waals surface area contributed by atoms with Gasteiger partial charge in [0.15, 0.2) is 0 Å².